The van der Waals surface area contributed by atoms with Gasteiger partial charge in [0.1, 0.15) is 11.6 Å². The summed E-state index contributed by atoms with van der Waals surface area (Å²) in [6, 6.07) is 7.53. The second-order valence-electron chi connectivity index (χ2n) is 4.71. The van der Waals surface area contributed by atoms with Crippen LogP contribution in [0, 0.1) is 0 Å². The van der Waals surface area contributed by atoms with E-state index in [9.17, 15) is 4.79 Å². The first kappa shape index (κ1) is 13.4. The van der Waals surface area contributed by atoms with E-state index in [1.807, 2.05) is 24.3 Å². The summed E-state index contributed by atoms with van der Waals surface area (Å²) >= 11 is 0. The Bertz CT molecular complexity index is 807. The predicted molar refractivity (Wildman–Crippen MR) is 80.3 cm³/mol. The van der Waals surface area contributed by atoms with Gasteiger partial charge in [-0.15, -0.1) is 0 Å². The first-order chi connectivity index (χ1) is 10.3. The van der Waals surface area contributed by atoms with E-state index in [0.717, 1.165) is 18.4 Å². The molecule has 2 N–H and O–H groups in total. The average Bonchev–Trinajstić information content (AvgIpc) is 2.97. The number of unbranched alkanes of at least 4 members (excludes halogenated alkanes) is 1. The number of hydrogen-bond donors (Lipinski definition) is 2. The van der Waals surface area contributed by atoms with E-state index in [4.69, 9.17) is 4.74 Å². The Morgan fingerprint density at radius 3 is 3.00 bits per heavy atom. The molecule has 0 amide bonds. The highest BCUT2D eigenvalue weighted by atomic mass is 16.5. The van der Waals surface area contributed by atoms with E-state index in [1.54, 1.807) is 0 Å². The molecule has 21 heavy (non-hydrogen) atoms. The summed E-state index contributed by atoms with van der Waals surface area (Å²) < 4.78 is 5.78. The standard InChI is InChI=1S/C15H16N4O2/c1-2-3-8-21-11-7-5-4-6-10(11)13-18-14-12(15(20)19-13)16-9-17-14/h4-7,9H,2-3,8H2,1H3,(H2,16,17,18,19,20). The van der Waals surface area contributed by atoms with Gasteiger partial charge < -0.3 is 14.7 Å². The molecule has 0 radical (unpaired) electrons. The molecule has 0 fully saturated rings. The van der Waals surface area contributed by atoms with E-state index < -0.39 is 0 Å². The summed E-state index contributed by atoms with van der Waals surface area (Å²) in [5.41, 5.74) is 1.30. The fourth-order valence-corrected chi connectivity index (χ4v) is 2.08. The number of nitrogens with one attached hydrogen (secondary N) is 2. The van der Waals surface area contributed by atoms with Gasteiger partial charge in [-0.05, 0) is 18.6 Å². The third-order valence-corrected chi connectivity index (χ3v) is 3.19. The van der Waals surface area contributed by atoms with Crippen molar-refractivity contribution in [2.24, 2.45) is 0 Å². The third kappa shape index (κ3) is 2.65. The van der Waals surface area contributed by atoms with Crippen molar-refractivity contribution in [2.45, 2.75) is 19.8 Å². The molecule has 1 aromatic carbocycles. The highest BCUT2D eigenvalue weighted by molar-refractivity contribution is 5.73. The van der Waals surface area contributed by atoms with Crippen LogP contribution in [0.15, 0.2) is 35.4 Å². The first-order valence-corrected chi connectivity index (χ1v) is 6.95. The zero-order chi connectivity index (χ0) is 14.7. The fourth-order valence-electron chi connectivity index (χ4n) is 2.08. The zero-order valence-corrected chi connectivity index (χ0v) is 11.7. The molecule has 0 unspecified atom stereocenters. The lowest BCUT2D eigenvalue weighted by Gasteiger charge is -2.10. The lowest BCUT2D eigenvalue weighted by atomic mass is 10.2. The van der Waals surface area contributed by atoms with Crippen molar-refractivity contribution in [3.05, 3.63) is 40.9 Å². The summed E-state index contributed by atoms with van der Waals surface area (Å²) in [7, 11) is 0. The Kier molecular flexibility index (Phi) is 3.68. The van der Waals surface area contributed by atoms with Crippen molar-refractivity contribution in [2.75, 3.05) is 6.61 Å². The van der Waals surface area contributed by atoms with Gasteiger partial charge in [0.05, 0.1) is 18.5 Å². The quantitative estimate of drug-likeness (QED) is 0.705. The van der Waals surface area contributed by atoms with Gasteiger partial charge in [0, 0.05) is 0 Å². The summed E-state index contributed by atoms with van der Waals surface area (Å²) in [4.78, 5) is 26.0. The number of H-pyrrole nitrogens is 2. The van der Waals surface area contributed by atoms with Crippen LogP contribution in [0.25, 0.3) is 22.6 Å². The zero-order valence-electron chi connectivity index (χ0n) is 11.7. The van der Waals surface area contributed by atoms with E-state index in [1.165, 1.54) is 6.33 Å². The minimum Gasteiger partial charge on any atom is -0.493 e. The van der Waals surface area contributed by atoms with E-state index in [-0.39, 0.29) is 5.56 Å². The van der Waals surface area contributed by atoms with Crippen LogP contribution < -0.4 is 10.3 Å². The summed E-state index contributed by atoms with van der Waals surface area (Å²) in [6.45, 7) is 2.75. The monoisotopic (exact) mass is 284 g/mol. The first-order valence-electron chi connectivity index (χ1n) is 6.95. The topological polar surface area (TPSA) is 83.7 Å². The van der Waals surface area contributed by atoms with Crippen molar-refractivity contribution in [3.8, 4) is 17.1 Å². The SMILES string of the molecule is CCCCOc1ccccc1-c1nc2nc[nH]c2c(=O)[nH]1. The maximum absolute atomic E-state index is 12.0. The van der Waals surface area contributed by atoms with Crippen LogP contribution in [0.4, 0.5) is 0 Å². The molecule has 0 aliphatic rings. The molecular weight excluding hydrogens is 268 g/mol. The van der Waals surface area contributed by atoms with Crippen LogP contribution in [0.2, 0.25) is 0 Å². The maximum atomic E-state index is 12.0. The maximum Gasteiger partial charge on any atom is 0.277 e. The smallest absolute Gasteiger partial charge is 0.277 e. The van der Waals surface area contributed by atoms with E-state index in [2.05, 4.69) is 26.9 Å². The largest absolute Gasteiger partial charge is 0.493 e. The summed E-state index contributed by atoms with van der Waals surface area (Å²) in [6.07, 6.45) is 3.51. The van der Waals surface area contributed by atoms with E-state index in [0.29, 0.717) is 29.3 Å². The lowest BCUT2D eigenvalue weighted by Crippen LogP contribution is -2.10. The van der Waals surface area contributed by atoms with Crippen LogP contribution in [0.3, 0.4) is 0 Å². The van der Waals surface area contributed by atoms with Crippen LogP contribution >= 0.6 is 0 Å². The molecule has 0 saturated carbocycles. The van der Waals surface area contributed by atoms with Gasteiger partial charge in [-0.1, -0.05) is 25.5 Å². The number of hydrogen-bond acceptors (Lipinski definition) is 4. The number of ether oxygens (including phenoxy) is 1. The molecule has 0 saturated heterocycles. The van der Waals surface area contributed by atoms with E-state index >= 15 is 0 Å². The van der Waals surface area contributed by atoms with Gasteiger partial charge in [0.15, 0.2) is 11.2 Å². The molecule has 0 bridgehead atoms. The molecule has 6 heteroatoms. The number of imidazole rings is 1. The minimum absolute atomic E-state index is 0.240. The molecule has 0 atom stereocenters. The predicted octanol–water partition coefficient (Wildman–Crippen LogP) is 2.49. The highest BCUT2D eigenvalue weighted by Gasteiger charge is 2.11. The highest BCUT2D eigenvalue weighted by Crippen LogP contribution is 2.27. The Morgan fingerprint density at radius 1 is 1.29 bits per heavy atom. The molecular formula is C15H16N4O2. The molecule has 0 aliphatic carbocycles. The molecule has 0 aliphatic heterocycles. The number of nitrogens with zero attached hydrogens (tertiary/aromatic N) is 2. The number of fused-ring (bicyclic) bond motifs is 1. The lowest BCUT2D eigenvalue weighted by molar-refractivity contribution is 0.310. The second-order valence-corrected chi connectivity index (χ2v) is 4.71. The number of aromatic amines is 2. The second kappa shape index (κ2) is 5.78. The number of para-hydroxylation sites is 1. The minimum atomic E-state index is -0.240. The molecule has 108 valence electrons. The average molecular weight is 284 g/mol. The molecule has 3 rings (SSSR count). The van der Waals surface area contributed by atoms with Crippen LogP contribution in [-0.4, -0.2) is 26.5 Å². The Labute approximate surface area is 121 Å². The van der Waals surface area contributed by atoms with Crippen molar-refractivity contribution < 1.29 is 4.74 Å². The molecule has 2 aromatic heterocycles. The van der Waals surface area contributed by atoms with Gasteiger partial charge in [-0.3, -0.25) is 4.79 Å². The van der Waals surface area contributed by atoms with Crippen LogP contribution in [0.1, 0.15) is 19.8 Å². The fraction of sp³-hybridized carbons (Fsp3) is 0.267. The summed E-state index contributed by atoms with van der Waals surface area (Å²) in [5.74, 6) is 1.18. The molecule has 2 heterocycles. The van der Waals surface area contributed by atoms with Crippen molar-refractivity contribution in [1.29, 1.82) is 0 Å². The van der Waals surface area contributed by atoms with Crippen molar-refractivity contribution >= 4 is 11.2 Å². The van der Waals surface area contributed by atoms with Gasteiger partial charge in [0.2, 0.25) is 0 Å². The number of benzene rings is 1. The summed E-state index contributed by atoms with van der Waals surface area (Å²) in [5, 5.41) is 0. The molecule has 6 nitrogen and oxygen atoms in total. The number of rotatable bonds is 5. The van der Waals surface area contributed by atoms with Crippen molar-refractivity contribution in [1.82, 2.24) is 19.9 Å². The van der Waals surface area contributed by atoms with Crippen molar-refractivity contribution in [3.63, 3.8) is 0 Å². The molecule has 3 aromatic rings. The number of aromatic nitrogens is 4. The van der Waals surface area contributed by atoms with Crippen LogP contribution in [-0.2, 0) is 0 Å². The normalized spacial score (nSPS) is 10.9. The van der Waals surface area contributed by atoms with Gasteiger partial charge in [-0.25, -0.2) is 9.97 Å². The third-order valence-electron chi connectivity index (χ3n) is 3.19. The Morgan fingerprint density at radius 2 is 2.14 bits per heavy atom. The van der Waals surface area contributed by atoms with Gasteiger partial charge in [-0.2, -0.15) is 0 Å². The van der Waals surface area contributed by atoms with Gasteiger partial charge in [0.25, 0.3) is 5.56 Å². The molecule has 0 spiro atoms. The van der Waals surface area contributed by atoms with Crippen LogP contribution in [0.5, 0.6) is 5.75 Å². The Hall–Kier alpha value is -2.63. The van der Waals surface area contributed by atoms with Gasteiger partial charge >= 0.3 is 0 Å². The Balaban J connectivity index is 2.03.